The largest absolute Gasteiger partial charge is 0.378 e. The Hall–Kier alpha value is -0.160. The number of hydrogen-bond donors (Lipinski definition) is 1. The Morgan fingerprint density at radius 2 is 1.90 bits per heavy atom. The van der Waals surface area contributed by atoms with Gasteiger partial charge in [0.05, 0.1) is 12.7 Å². The van der Waals surface area contributed by atoms with Crippen molar-refractivity contribution in [1.82, 2.24) is 10.2 Å². The van der Waals surface area contributed by atoms with Gasteiger partial charge in [-0.05, 0) is 83.6 Å². The normalized spacial score (nSPS) is 24.3. The van der Waals surface area contributed by atoms with Crippen LogP contribution < -0.4 is 5.32 Å². The Kier molecular flexibility index (Phi) is 8.01. The third-order valence-electron chi connectivity index (χ3n) is 5.24. The third kappa shape index (κ3) is 6.23. The van der Waals surface area contributed by atoms with Crippen LogP contribution in [0, 0.1) is 11.8 Å². The number of rotatable bonds is 8. The van der Waals surface area contributed by atoms with E-state index in [1.165, 1.54) is 45.2 Å². The maximum atomic E-state index is 11.0. The fraction of sp³-hybridized carbons (Fsp3) is 1.00. The van der Waals surface area contributed by atoms with Crippen LogP contribution in [-0.2, 0) is 9.84 Å². The quantitative estimate of drug-likeness (QED) is 0.699. The Bertz CT molecular complexity index is 262. The summed E-state index contributed by atoms with van der Waals surface area (Å²) in [5.74, 6) is 1.49. The zero-order chi connectivity index (χ0) is 14.9. The molecular weight excluding hydrogens is 264 g/mol. The molecule has 0 saturated carbocycles. The van der Waals surface area contributed by atoms with Gasteiger partial charge in [0.25, 0.3) is 0 Å². The predicted octanol–water partition coefficient (Wildman–Crippen LogP) is 2.31. The number of ether oxygens (including phenoxy) is 1. The van der Waals surface area contributed by atoms with Gasteiger partial charge in [0.1, 0.15) is 0 Å². The first-order valence-corrected chi connectivity index (χ1v) is 8.88. The highest BCUT2D eigenvalue weighted by molar-refractivity contribution is 4.77. The summed E-state index contributed by atoms with van der Waals surface area (Å²) in [7, 11) is 2.18. The van der Waals surface area contributed by atoms with E-state index >= 15 is 0 Å². The van der Waals surface area contributed by atoms with Gasteiger partial charge in [0.15, 0.2) is 0 Å². The molecule has 0 aromatic heterocycles. The number of hydrogen-bond acceptors (Lipinski definition) is 3. The lowest BCUT2D eigenvalue weighted by molar-refractivity contribution is -0.0277. The molecule has 0 spiro atoms. The van der Waals surface area contributed by atoms with E-state index < -0.39 is 0 Å². The highest BCUT2D eigenvalue weighted by atomic mass is 16.5. The van der Waals surface area contributed by atoms with Gasteiger partial charge in [0, 0.05) is 13.0 Å². The van der Waals surface area contributed by atoms with E-state index in [1.54, 1.807) is 0 Å². The smallest absolute Gasteiger partial charge is 0.0847 e. The highest BCUT2D eigenvalue weighted by Crippen LogP contribution is 2.25. The Morgan fingerprint density at radius 1 is 1.19 bits per heavy atom. The number of nitrogens with one attached hydrogen (secondary N) is 1. The second-order valence-electron chi connectivity index (χ2n) is 6.88. The summed E-state index contributed by atoms with van der Waals surface area (Å²) in [6.07, 6.45) is 8.38. The van der Waals surface area contributed by atoms with Gasteiger partial charge in [-0.3, -0.25) is 0 Å². The van der Waals surface area contributed by atoms with E-state index in [4.69, 9.17) is 4.74 Å². The number of piperidine rings is 2. The van der Waals surface area contributed by atoms with Crippen molar-refractivity contribution in [3.8, 4) is 0 Å². The van der Waals surface area contributed by atoms with Gasteiger partial charge in [-0.2, -0.15) is 0 Å². The molecule has 0 amide bonds. The van der Waals surface area contributed by atoms with E-state index in [0.29, 0.717) is 12.3 Å². The lowest BCUT2D eigenvalue weighted by Crippen LogP contribution is -2.37. The van der Waals surface area contributed by atoms with Crippen molar-refractivity contribution in [3.63, 3.8) is 0 Å². The zero-order valence-corrected chi connectivity index (χ0v) is 13.7. The molecule has 1 atom stereocenters. The van der Waals surface area contributed by atoms with Gasteiger partial charge >= 0.3 is 0 Å². The molecule has 4 nitrogen and oxygen atoms in total. The van der Waals surface area contributed by atoms with Gasteiger partial charge in [0.2, 0.25) is 0 Å². The Labute approximate surface area is 130 Å². The van der Waals surface area contributed by atoms with Crippen molar-refractivity contribution in [1.29, 1.82) is 0 Å². The summed E-state index contributed by atoms with van der Waals surface area (Å²) >= 11 is 0. The molecule has 1 radical (unpaired) electrons. The minimum atomic E-state index is 0.00526. The molecule has 2 aliphatic heterocycles. The van der Waals surface area contributed by atoms with Crippen LogP contribution in [0.1, 0.15) is 44.9 Å². The fourth-order valence-electron chi connectivity index (χ4n) is 3.75. The van der Waals surface area contributed by atoms with E-state index in [1.807, 2.05) is 0 Å². The van der Waals surface area contributed by atoms with Crippen molar-refractivity contribution in [3.05, 3.63) is 0 Å². The summed E-state index contributed by atoms with van der Waals surface area (Å²) in [4.78, 5) is 2.38. The second kappa shape index (κ2) is 9.78. The topological polar surface area (TPSA) is 44.4 Å². The van der Waals surface area contributed by atoms with Crippen LogP contribution in [0.3, 0.4) is 0 Å². The molecule has 21 heavy (non-hydrogen) atoms. The molecule has 2 fully saturated rings. The molecule has 2 rings (SSSR count). The van der Waals surface area contributed by atoms with Gasteiger partial charge in [-0.15, -0.1) is 0 Å². The van der Waals surface area contributed by atoms with Crippen molar-refractivity contribution in [2.75, 3.05) is 46.4 Å². The van der Waals surface area contributed by atoms with Crippen LogP contribution in [-0.4, -0.2) is 57.4 Å². The van der Waals surface area contributed by atoms with Crippen LogP contribution in [0.4, 0.5) is 0 Å². The molecule has 2 aliphatic rings. The minimum Gasteiger partial charge on any atom is -0.378 e. The first kappa shape index (κ1) is 17.2. The van der Waals surface area contributed by atoms with Crippen molar-refractivity contribution < 1.29 is 9.84 Å². The number of nitrogens with zero attached hydrogens (tertiary/aromatic N) is 1. The van der Waals surface area contributed by atoms with Crippen molar-refractivity contribution in [2.45, 2.75) is 51.0 Å². The molecule has 0 aromatic carbocycles. The highest BCUT2D eigenvalue weighted by Gasteiger charge is 2.25. The van der Waals surface area contributed by atoms with E-state index in [-0.39, 0.29) is 12.7 Å². The molecule has 0 aliphatic carbocycles. The van der Waals surface area contributed by atoms with Gasteiger partial charge in [-0.1, -0.05) is 0 Å². The molecule has 0 bridgehead atoms. The summed E-state index contributed by atoms with van der Waals surface area (Å²) in [5.41, 5.74) is 0. The summed E-state index contributed by atoms with van der Waals surface area (Å²) < 4.78 is 6.11. The minimum absolute atomic E-state index is 0.00526. The SMILES string of the molecule is CN1CCC(C(CC[O])OCCCC2CCNCC2)CC1. The molecule has 4 heteroatoms. The first-order chi connectivity index (χ1) is 10.3. The van der Waals surface area contributed by atoms with Crippen molar-refractivity contribution in [2.24, 2.45) is 11.8 Å². The monoisotopic (exact) mass is 297 g/mol. The summed E-state index contributed by atoms with van der Waals surface area (Å²) in [6.45, 7) is 5.52. The average molecular weight is 297 g/mol. The van der Waals surface area contributed by atoms with E-state index in [9.17, 15) is 5.11 Å². The van der Waals surface area contributed by atoms with Crippen LogP contribution >= 0.6 is 0 Å². The van der Waals surface area contributed by atoms with Crippen LogP contribution in [0.25, 0.3) is 0 Å². The molecular formula is C17H33N2O2. The molecule has 123 valence electrons. The summed E-state index contributed by atoms with van der Waals surface area (Å²) in [5, 5.41) is 14.4. The standard InChI is InChI=1S/C17H33N2O2/c1-19-11-6-16(7-12-19)17(8-13-20)21-14-2-3-15-4-9-18-10-5-15/h15-18H,2-14H2,1H3. The average Bonchev–Trinajstić information content (AvgIpc) is 2.52. The number of likely N-dealkylation sites (tertiary alicyclic amines) is 1. The molecule has 0 aromatic rings. The summed E-state index contributed by atoms with van der Waals surface area (Å²) in [6, 6.07) is 0. The van der Waals surface area contributed by atoms with E-state index in [0.717, 1.165) is 32.0 Å². The molecule has 1 unspecified atom stereocenters. The Morgan fingerprint density at radius 3 is 2.57 bits per heavy atom. The maximum Gasteiger partial charge on any atom is 0.0847 e. The molecule has 1 N–H and O–H groups in total. The second-order valence-corrected chi connectivity index (χ2v) is 6.88. The maximum absolute atomic E-state index is 11.0. The lowest BCUT2D eigenvalue weighted by Gasteiger charge is -2.34. The third-order valence-corrected chi connectivity index (χ3v) is 5.24. The molecule has 2 saturated heterocycles. The van der Waals surface area contributed by atoms with Crippen LogP contribution in [0.2, 0.25) is 0 Å². The van der Waals surface area contributed by atoms with E-state index in [2.05, 4.69) is 17.3 Å². The predicted molar refractivity (Wildman–Crippen MR) is 85.0 cm³/mol. The van der Waals surface area contributed by atoms with Gasteiger partial charge in [-0.25, -0.2) is 5.11 Å². The zero-order valence-electron chi connectivity index (χ0n) is 13.7. The van der Waals surface area contributed by atoms with Crippen LogP contribution in [0.15, 0.2) is 0 Å². The Balaban J connectivity index is 1.62. The molecule has 2 heterocycles. The van der Waals surface area contributed by atoms with Gasteiger partial charge < -0.3 is 15.0 Å². The van der Waals surface area contributed by atoms with Crippen molar-refractivity contribution >= 4 is 0 Å². The fourth-order valence-corrected chi connectivity index (χ4v) is 3.75. The lowest BCUT2D eigenvalue weighted by atomic mass is 9.89. The van der Waals surface area contributed by atoms with Crippen LogP contribution in [0.5, 0.6) is 0 Å². The first-order valence-electron chi connectivity index (χ1n) is 8.88.